The van der Waals surface area contributed by atoms with Gasteiger partial charge in [-0.1, -0.05) is 11.6 Å². The molecule has 0 spiro atoms. The maximum atomic E-state index is 13.8. The molecule has 1 saturated carbocycles. The average molecular weight is 724 g/mol. The third-order valence-corrected chi connectivity index (χ3v) is 10.0. The summed E-state index contributed by atoms with van der Waals surface area (Å²) >= 11 is 5.96. The fourth-order valence-electron chi connectivity index (χ4n) is 5.09. The largest absolute Gasteiger partial charge is 0.416 e. The van der Waals surface area contributed by atoms with E-state index in [1.165, 1.54) is 47.5 Å². The van der Waals surface area contributed by atoms with E-state index in [4.69, 9.17) is 11.6 Å². The van der Waals surface area contributed by atoms with Crippen LogP contribution in [0.3, 0.4) is 0 Å². The molecule has 3 aromatic heterocycles. The first-order chi connectivity index (χ1) is 23.0. The summed E-state index contributed by atoms with van der Waals surface area (Å²) < 4.78 is 66.5. The van der Waals surface area contributed by atoms with Crippen LogP contribution < -0.4 is 11.0 Å². The molecule has 1 aliphatic carbocycles. The number of nitrogens with one attached hydrogen (secondary N) is 1. The standard InChI is InChI=1S/C29H29ClF3N9O6S/c1-28(8-9-28)36-25(44)19-3-2-10-34-23(19)42-24(26(45)39-11-13-49(47,48)14-12-39)35-21(37-42)16-41-27(46)40(15-20(43)29(31,32)33)22(38-41)17-4-6-18(30)7-5-17/h2-7,10,20,43H,8-9,11-16H2,1H3,(H,36,44)/t20-/m0/s1. The lowest BCUT2D eigenvalue weighted by Crippen LogP contribution is -2.44. The molecule has 1 aliphatic heterocycles. The fourth-order valence-corrected chi connectivity index (χ4v) is 6.42. The zero-order valence-corrected chi connectivity index (χ0v) is 27.3. The molecular weight excluding hydrogens is 695 g/mol. The number of nitrogens with zero attached hydrogens (tertiary/aromatic N) is 8. The molecular formula is C29H29ClF3N9O6S. The van der Waals surface area contributed by atoms with Crippen molar-refractivity contribution < 1.29 is 36.3 Å². The van der Waals surface area contributed by atoms with Crippen LogP contribution in [0.1, 0.15) is 46.6 Å². The molecule has 49 heavy (non-hydrogen) atoms. The summed E-state index contributed by atoms with van der Waals surface area (Å²) in [6.45, 7) is -0.116. The van der Waals surface area contributed by atoms with Crippen molar-refractivity contribution in [3.63, 3.8) is 0 Å². The Morgan fingerprint density at radius 3 is 2.41 bits per heavy atom. The molecule has 0 radical (unpaired) electrons. The topological polar surface area (TPSA) is 187 Å². The molecule has 1 aromatic carbocycles. The normalized spacial score (nSPS) is 17.5. The lowest BCUT2D eigenvalue weighted by Gasteiger charge is -2.26. The van der Waals surface area contributed by atoms with Gasteiger partial charge in [-0.3, -0.25) is 14.2 Å². The maximum absolute atomic E-state index is 13.8. The number of halogens is 4. The van der Waals surface area contributed by atoms with Gasteiger partial charge in [0.25, 0.3) is 11.8 Å². The number of aliphatic hydroxyl groups excluding tert-OH is 1. The van der Waals surface area contributed by atoms with Gasteiger partial charge in [0.05, 0.1) is 23.6 Å². The Bertz CT molecular complexity index is 2080. The third-order valence-electron chi connectivity index (χ3n) is 8.17. The van der Waals surface area contributed by atoms with Crippen LogP contribution in [0.4, 0.5) is 13.2 Å². The number of aliphatic hydroxyl groups is 1. The Hall–Kier alpha value is -4.62. The predicted octanol–water partition coefficient (Wildman–Crippen LogP) is 1.47. The Kier molecular flexibility index (Phi) is 8.86. The van der Waals surface area contributed by atoms with Gasteiger partial charge in [-0.2, -0.15) is 17.9 Å². The molecule has 0 bridgehead atoms. The minimum absolute atomic E-state index is 0.0509. The highest BCUT2D eigenvalue weighted by atomic mass is 35.5. The molecule has 2 N–H and O–H groups in total. The molecule has 2 amide bonds. The smallest absolute Gasteiger partial charge is 0.382 e. The number of carbonyl (C=O) groups is 2. The summed E-state index contributed by atoms with van der Waals surface area (Å²) in [6.07, 6.45) is -5.03. The number of benzene rings is 1. The minimum atomic E-state index is -5.04. The first-order valence-corrected chi connectivity index (χ1v) is 17.2. The Labute approximate surface area is 281 Å². The highest BCUT2D eigenvalue weighted by Crippen LogP contribution is 2.35. The van der Waals surface area contributed by atoms with Gasteiger partial charge in [-0.25, -0.2) is 27.9 Å². The summed E-state index contributed by atoms with van der Waals surface area (Å²) in [5.74, 6) is -2.63. The van der Waals surface area contributed by atoms with E-state index in [1.807, 2.05) is 6.92 Å². The van der Waals surface area contributed by atoms with Crippen molar-refractivity contribution in [3.05, 3.63) is 75.3 Å². The maximum Gasteiger partial charge on any atom is 0.416 e. The second-order valence-corrected chi connectivity index (χ2v) is 14.8. The Morgan fingerprint density at radius 2 is 1.78 bits per heavy atom. The van der Waals surface area contributed by atoms with Crippen molar-refractivity contribution in [2.24, 2.45) is 0 Å². The summed E-state index contributed by atoms with van der Waals surface area (Å²) in [7, 11) is -3.35. The Morgan fingerprint density at radius 1 is 1.10 bits per heavy atom. The molecule has 15 nitrogen and oxygen atoms in total. The number of amides is 2. The second kappa shape index (κ2) is 12.7. The number of rotatable bonds is 9. The Balaban J connectivity index is 1.42. The van der Waals surface area contributed by atoms with Gasteiger partial charge in [-0.15, -0.1) is 10.2 Å². The van der Waals surface area contributed by atoms with E-state index in [-0.39, 0.29) is 59.0 Å². The van der Waals surface area contributed by atoms with Gasteiger partial charge in [0.15, 0.2) is 33.4 Å². The number of hydrogen-bond acceptors (Lipinski definition) is 10. The average Bonchev–Trinajstić information content (AvgIpc) is 3.49. The number of pyridine rings is 1. The van der Waals surface area contributed by atoms with E-state index in [0.717, 1.165) is 22.2 Å². The van der Waals surface area contributed by atoms with Crippen LogP contribution in [-0.2, 0) is 22.9 Å². The monoisotopic (exact) mass is 723 g/mol. The molecule has 4 aromatic rings. The number of sulfone groups is 1. The lowest BCUT2D eigenvalue weighted by atomic mass is 10.2. The zero-order valence-electron chi connectivity index (χ0n) is 25.8. The van der Waals surface area contributed by atoms with Crippen molar-refractivity contribution in [2.45, 2.75) is 50.7 Å². The molecule has 0 unspecified atom stereocenters. The predicted molar refractivity (Wildman–Crippen MR) is 167 cm³/mol. The lowest BCUT2D eigenvalue weighted by molar-refractivity contribution is -0.207. The summed E-state index contributed by atoms with van der Waals surface area (Å²) in [6, 6.07) is 8.75. The van der Waals surface area contributed by atoms with E-state index in [1.54, 1.807) is 0 Å². The molecule has 1 saturated heterocycles. The van der Waals surface area contributed by atoms with Gasteiger partial charge in [0, 0.05) is 35.4 Å². The third kappa shape index (κ3) is 7.37. The minimum Gasteiger partial charge on any atom is -0.382 e. The molecule has 6 rings (SSSR count). The molecule has 260 valence electrons. The highest BCUT2D eigenvalue weighted by Gasteiger charge is 2.41. The summed E-state index contributed by atoms with van der Waals surface area (Å²) in [4.78, 5) is 50.5. The van der Waals surface area contributed by atoms with Gasteiger partial charge >= 0.3 is 11.9 Å². The van der Waals surface area contributed by atoms with Gasteiger partial charge in [-0.05, 0) is 56.2 Å². The van der Waals surface area contributed by atoms with Gasteiger partial charge in [0.2, 0.25) is 5.82 Å². The summed E-state index contributed by atoms with van der Waals surface area (Å²) in [5.41, 5.74) is -1.18. The van der Waals surface area contributed by atoms with Crippen LogP contribution in [0.15, 0.2) is 47.4 Å². The number of alkyl halides is 3. The van der Waals surface area contributed by atoms with Crippen LogP contribution in [0.5, 0.6) is 0 Å². The molecule has 2 fully saturated rings. The van der Waals surface area contributed by atoms with Gasteiger partial charge < -0.3 is 15.3 Å². The van der Waals surface area contributed by atoms with Crippen LogP contribution in [-0.4, -0.2) is 107 Å². The van der Waals surface area contributed by atoms with E-state index in [0.29, 0.717) is 9.59 Å². The quantitative estimate of drug-likeness (QED) is 0.256. The molecule has 4 heterocycles. The van der Waals surface area contributed by atoms with E-state index in [2.05, 4.69) is 25.5 Å². The van der Waals surface area contributed by atoms with Crippen LogP contribution in [0.25, 0.3) is 17.2 Å². The van der Waals surface area contributed by atoms with Crippen molar-refractivity contribution in [3.8, 4) is 17.2 Å². The van der Waals surface area contributed by atoms with E-state index >= 15 is 0 Å². The van der Waals surface area contributed by atoms with Crippen molar-refractivity contribution in [1.29, 1.82) is 0 Å². The van der Waals surface area contributed by atoms with Crippen molar-refractivity contribution in [2.75, 3.05) is 24.6 Å². The van der Waals surface area contributed by atoms with E-state index in [9.17, 15) is 41.1 Å². The zero-order chi connectivity index (χ0) is 35.3. The van der Waals surface area contributed by atoms with Crippen LogP contribution in [0, 0.1) is 0 Å². The number of aromatic nitrogens is 7. The first kappa shape index (κ1) is 34.3. The van der Waals surface area contributed by atoms with E-state index < -0.39 is 58.3 Å². The SMILES string of the molecule is CC1(NC(=O)c2cccnc2-n2nc(Cn3nc(-c4ccc(Cl)cc4)n(C[C@H](O)C(F)(F)F)c3=O)nc2C(=O)N2CCS(=O)(=O)CC2)CC1. The van der Waals surface area contributed by atoms with Crippen LogP contribution >= 0.6 is 11.6 Å². The van der Waals surface area contributed by atoms with Crippen molar-refractivity contribution in [1.82, 2.24) is 44.3 Å². The van der Waals surface area contributed by atoms with Gasteiger partial charge in [0.1, 0.15) is 6.54 Å². The highest BCUT2D eigenvalue weighted by molar-refractivity contribution is 7.91. The summed E-state index contributed by atoms with van der Waals surface area (Å²) in [5, 5.41) is 21.6. The first-order valence-electron chi connectivity index (χ1n) is 15.0. The second-order valence-electron chi connectivity index (χ2n) is 12.0. The van der Waals surface area contributed by atoms with Crippen LogP contribution in [0.2, 0.25) is 5.02 Å². The molecule has 20 heteroatoms. The molecule has 1 atom stereocenters. The van der Waals surface area contributed by atoms with Crippen molar-refractivity contribution >= 4 is 33.3 Å². The molecule has 2 aliphatic rings. The number of hydrogen-bond donors (Lipinski definition) is 2. The fraction of sp³-hybridized carbons (Fsp3) is 0.414. The number of carbonyl (C=O) groups excluding carboxylic acids is 2.